The summed E-state index contributed by atoms with van der Waals surface area (Å²) in [6, 6.07) is 14.3. The molecule has 7 nitrogen and oxygen atoms in total. The van der Waals surface area contributed by atoms with Crippen molar-refractivity contribution in [1.29, 1.82) is 0 Å². The Bertz CT molecular complexity index is 962. The predicted octanol–water partition coefficient (Wildman–Crippen LogP) is 3.08. The quantitative estimate of drug-likeness (QED) is 0.704. The van der Waals surface area contributed by atoms with Crippen molar-refractivity contribution in [2.75, 3.05) is 12.1 Å². The number of para-hydroxylation sites is 1. The van der Waals surface area contributed by atoms with Crippen LogP contribution in [-0.2, 0) is 9.53 Å². The van der Waals surface area contributed by atoms with Crippen molar-refractivity contribution in [3.63, 3.8) is 0 Å². The van der Waals surface area contributed by atoms with Gasteiger partial charge in [-0.3, -0.25) is 4.79 Å². The van der Waals surface area contributed by atoms with E-state index in [2.05, 4.69) is 10.3 Å². The van der Waals surface area contributed by atoms with E-state index in [1.54, 1.807) is 24.3 Å². The molecular formula is C19H16N2O5. The molecule has 1 aliphatic rings. The minimum Gasteiger partial charge on any atom is -0.454 e. The van der Waals surface area contributed by atoms with Crippen molar-refractivity contribution in [3.05, 3.63) is 54.2 Å². The van der Waals surface area contributed by atoms with Crippen LogP contribution < -0.4 is 14.8 Å². The van der Waals surface area contributed by atoms with Crippen molar-refractivity contribution in [2.24, 2.45) is 0 Å². The molecule has 7 heteroatoms. The van der Waals surface area contributed by atoms with Crippen LogP contribution in [0.2, 0.25) is 0 Å². The number of hydrogen-bond acceptors (Lipinski definition) is 5. The summed E-state index contributed by atoms with van der Waals surface area (Å²) in [5, 5.41) is 3.59. The lowest BCUT2D eigenvalue weighted by Gasteiger charge is -2.13. The molecule has 2 aromatic carbocycles. The van der Waals surface area contributed by atoms with Gasteiger partial charge in [-0.2, -0.15) is 0 Å². The maximum Gasteiger partial charge on any atom is 0.355 e. The number of benzene rings is 2. The molecule has 2 N–H and O–H groups in total. The van der Waals surface area contributed by atoms with Gasteiger partial charge in [0.05, 0.1) is 0 Å². The fourth-order valence-electron chi connectivity index (χ4n) is 2.68. The zero-order valence-corrected chi connectivity index (χ0v) is 13.9. The van der Waals surface area contributed by atoms with E-state index in [1.807, 2.05) is 24.3 Å². The van der Waals surface area contributed by atoms with Crippen LogP contribution in [0.15, 0.2) is 48.5 Å². The molecule has 1 aromatic heterocycles. The van der Waals surface area contributed by atoms with Gasteiger partial charge in [0, 0.05) is 22.7 Å². The van der Waals surface area contributed by atoms with Crippen molar-refractivity contribution < 1.29 is 23.8 Å². The molecule has 4 rings (SSSR count). The molecule has 0 unspecified atom stereocenters. The zero-order chi connectivity index (χ0) is 18.1. The molecule has 0 fully saturated rings. The lowest BCUT2D eigenvalue weighted by molar-refractivity contribution is -0.123. The van der Waals surface area contributed by atoms with E-state index < -0.39 is 18.0 Å². The Morgan fingerprint density at radius 3 is 2.77 bits per heavy atom. The average molecular weight is 352 g/mol. The molecule has 26 heavy (non-hydrogen) atoms. The Balaban J connectivity index is 1.41. The number of nitrogens with one attached hydrogen (secondary N) is 2. The van der Waals surface area contributed by atoms with Crippen LogP contribution in [0.3, 0.4) is 0 Å². The molecular weight excluding hydrogens is 336 g/mol. The summed E-state index contributed by atoms with van der Waals surface area (Å²) in [7, 11) is 0. The Morgan fingerprint density at radius 2 is 1.92 bits per heavy atom. The molecule has 0 aliphatic carbocycles. The fraction of sp³-hybridized carbons (Fsp3) is 0.158. The van der Waals surface area contributed by atoms with E-state index in [4.69, 9.17) is 14.2 Å². The number of H-pyrrole nitrogens is 1. The Hall–Kier alpha value is -3.48. The number of carbonyl (C=O) groups excluding carboxylic acids is 2. The second kappa shape index (κ2) is 6.44. The van der Waals surface area contributed by atoms with Gasteiger partial charge in [0.1, 0.15) is 5.69 Å². The van der Waals surface area contributed by atoms with Crippen molar-refractivity contribution in [3.8, 4) is 11.5 Å². The SMILES string of the molecule is C[C@@H](OC(=O)c1cc2ccccc2[nH]1)C(=O)Nc1ccc2c(c1)OCO2. The van der Waals surface area contributed by atoms with Crippen LogP contribution in [0, 0.1) is 0 Å². The highest BCUT2D eigenvalue weighted by Crippen LogP contribution is 2.34. The molecule has 3 aromatic rings. The molecule has 0 bridgehead atoms. The second-order valence-electron chi connectivity index (χ2n) is 5.88. The van der Waals surface area contributed by atoms with Gasteiger partial charge < -0.3 is 24.5 Å². The number of fused-ring (bicyclic) bond motifs is 2. The first-order valence-electron chi connectivity index (χ1n) is 8.09. The number of hydrogen-bond donors (Lipinski definition) is 2. The highest BCUT2D eigenvalue weighted by Gasteiger charge is 2.21. The smallest absolute Gasteiger partial charge is 0.355 e. The van der Waals surface area contributed by atoms with Crippen LogP contribution in [-0.4, -0.2) is 29.8 Å². The topological polar surface area (TPSA) is 89.7 Å². The molecule has 0 radical (unpaired) electrons. The summed E-state index contributed by atoms with van der Waals surface area (Å²) in [5.41, 5.74) is 1.67. The Morgan fingerprint density at radius 1 is 1.12 bits per heavy atom. The molecule has 1 atom stereocenters. The van der Waals surface area contributed by atoms with Crippen molar-refractivity contribution >= 4 is 28.5 Å². The van der Waals surface area contributed by atoms with Gasteiger partial charge in [-0.1, -0.05) is 18.2 Å². The third-order valence-corrected chi connectivity index (χ3v) is 4.04. The molecule has 132 valence electrons. The van der Waals surface area contributed by atoms with Gasteiger partial charge in [-0.05, 0) is 31.2 Å². The number of anilines is 1. The van der Waals surface area contributed by atoms with Crippen LogP contribution in [0.1, 0.15) is 17.4 Å². The van der Waals surface area contributed by atoms with E-state index >= 15 is 0 Å². The van der Waals surface area contributed by atoms with E-state index in [0.29, 0.717) is 22.9 Å². The monoisotopic (exact) mass is 352 g/mol. The number of carbonyl (C=O) groups is 2. The number of aromatic nitrogens is 1. The van der Waals surface area contributed by atoms with Crippen molar-refractivity contribution in [2.45, 2.75) is 13.0 Å². The van der Waals surface area contributed by atoms with Crippen molar-refractivity contribution in [1.82, 2.24) is 4.98 Å². The van der Waals surface area contributed by atoms with Gasteiger partial charge >= 0.3 is 5.97 Å². The Kier molecular flexibility index (Phi) is 3.96. The summed E-state index contributed by atoms with van der Waals surface area (Å²) in [6.07, 6.45) is -0.959. The number of aromatic amines is 1. The molecule has 0 saturated carbocycles. The lowest BCUT2D eigenvalue weighted by Crippen LogP contribution is -2.30. The van der Waals surface area contributed by atoms with Crippen LogP contribution in [0.4, 0.5) is 5.69 Å². The first kappa shape index (κ1) is 16.0. The summed E-state index contributed by atoms with van der Waals surface area (Å²) in [4.78, 5) is 27.5. The van der Waals surface area contributed by atoms with Gasteiger partial charge in [0.2, 0.25) is 6.79 Å². The van der Waals surface area contributed by atoms with Gasteiger partial charge in [0.25, 0.3) is 5.91 Å². The average Bonchev–Trinajstić information content (AvgIpc) is 3.27. The summed E-state index contributed by atoms with van der Waals surface area (Å²) in [5.74, 6) is 0.162. The number of amides is 1. The van der Waals surface area contributed by atoms with E-state index in [9.17, 15) is 9.59 Å². The highest BCUT2D eigenvalue weighted by atomic mass is 16.7. The number of rotatable bonds is 4. The standard InChI is InChI=1S/C19H16N2O5/c1-11(18(22)20-13-6-7-16-17(9-13)25-10-24-16)26-19(23)15-8-12-4-2-3-5-14(12)21-15/h2-9,11,21H,10H2,1H3,(H,20,22)/t11-/m1/s1. The fourth-order valence-corrected chi connectivity index (χ4v) is 2.68. The molecule has 1 amide bonds. The van der Waals surface area contributed by atoms with E-state index in [0.717, 1.165) is 10.9 Å². The van der Waals surface area contributed by atoms with Gasteiger partial charge in [-0.15, -0.1) is 0 Å². The highest BCUT2D eigenvalue weighted by molar-refractivity contribution is 5.99. The second-order valence-corrected chi connectivity index (χ2v) is 5.88. The first-order chi connectivity index (χ1) is 12.6. The predicted molar refractivity (Wildman–Crippen MR) is 94.4 cm³/mol. The van der Waals surface area contributed by atoms with E-state index in [1.165, 1.54) is 6.92 Å². The first-order valence-corrected chi connectivity index (χ1v) is 8.09. The normalized spacial score (nSPS) is 13.4. The minimum atomic E-state index is -0.959. The third-order valence-electron chi connectivity index (χ3n) is 4.04. The number of esters is 1. The maximum atomic E-state index is 12.3. The zero-order valence-electron chi connectivity index (χ0n) is 13.9. The van der Waals surface area contributed by atoms with Crippen LogP contribution in [0.5, 0.6) is 11.5 Å². The summed E-state index contributed by atoms with van der Waals surface area (Å²) in [6.45, 7) is 1.67. The molecule has 0 spiro atoms. The number of ether oxygens (including phenoxy) is 3. The molecule has 2 heterocycles. The summed E-state index contributed by atoms with van der Waals surface area (Å²) >= 11 is 0. The van der Waals surface area contributed by atoms with Gasteiger partial charge in [0.15, 0.2) is 17.6 Å². The lowest BCUT2D eigenvalue weighted by atomic mass is 10.2. The maximum absolute atomic E-state index is 12.3. The van der Waals surface area contributed by atoms with Crippen LogP contribution >= 0.6 is 0 Å². The molecule has 0 saturated heterocycles. The molecule has 1 aliphatic heterocycles. The van der Waals surface area contributed by atoms with E-state index in [-0.39, 0.29) is 6.79 Å². The van der Waals surface area contributed by atoms with Gasteiger partial charge in [-0.25, -0.2) is 4.79 Å². The summed E-state index contributed by atoms with van der Waals surface area (Å²) < 4.78 is 15.7. The minimum absolute atomic E-state index is 0.158. The Labute approximate surface area is 148 Å². The third kappa shape index (κ3) is 3.06. The largest absolute Gasteiger partial charge is 0.454 e. The van der Waals surface area contributed by atoms with Crippen LogP contribution in [0.25, 0.3) is 10.9 Å².